The highest BCUT2D eigenvalue weighted by atomic mass is 16.1. The largest absolute Gasteiger partial charge is 0.359 e. The highest BCUT2D eigenvalue weighted by molar-refractivity contribution is 5.83. The summed E-state index contributed by atoms with van der Waals surface area (Å²) in [4.78, 5) is 39.1. The van der Waals surface area contributed by atoms with Gasteiger partial charge in [-0.15, -0.1) is 0 Å². The van der Waals surface area contributed by atoms with Crippen LogP contribution in [0, 0.1) is 13.8 Å². The molecule has 180 valence electrons. The van der Waals surface area contributed by atoms with E-state index < -0.39 is 0 Å². The molecule has 4 aromatic rings. The minimum atomic E-state index is -0.139. The second kappa shape index (κ2) is 10.5. The molecule has 8 nitrogen and oxygen atoms in total. The summed E-state index contributed by atoms with van der Waals surface area (Å²) in [6.07, 6.45) is 2.59. The molecule has 2 N–H and O–H groups in total. The Morgan fingerprint density at radius 1 is 1.06 bits per heavy atom. The van der Waals surface area contributed by atoms with Crippen molar-refractivity contribution in [3.05, 3.63) is 70.3 Å². The van der Waals surface area contributed by atoms with E-state index >= 15 is 0 Å². The SMILES string of the molecule is CCNc1ncc2cc(-c3ccc(-c4cccc(C)n4)cc3C)c(=O)n(CCCC(=O)NC)c2n1. The predicted octanol–water partition coefficient (Wildman–Crippen LogP) is 4.10. The van der Waals surface area contributed by atoms with Crippen molar-refractivity contribution >= 4 is 22.9 Å². The fraction of sp³-hybridized carbons (Fsp3) is 0.296. The molecule has 0 aliphatic heterocycles. The third-order valence-corrected chi connectivity index (χ3v) is 5.93. The lowest BCUT2D eigenvalue weighted by molar-refractivity contribution is -0.120. The molecule has 0 saturated carbocycles. The van der Waals surface area contributed by atoms with Crippen LogP contribution in [-0.2, 0) is 11.3 Å². The fourth-order valence-corrected chi connectivity index (χ4v) is 4.15. The molecule has 3 heterocycles. The molecule has 1 aromatic carbocycles. The van der Waals surface area contributed by atoms with Crippen molar-refractivity contribution in [2.75, 3.05) is 18.9 Å². The maximum absolute atomic E-state index is 13.7. The topological polar surface area (TPSA) is 102 Å². The number of aryl methyl sites for hydroxylation is 3. The molecule has 0 aliphatic carbocycles. The van der Waals surface area contributed by atoms with E-state index in [0.717, 1.165) is 33.5 Å². The summed E-state index contributed by atoms with van der Waals surface area (Å²) in [5.74, 6) is 0.413. The Morgan fingerprint density at radius 2 is 1.89 bits per heavy atom. The maximum atomic E-state index is 13.7. The maximum Gasteiger partial charge on any atom is 0.260 e. The van der Waals surface area contributed by atoms with Gasteiger partial charge in [0.15, 0.2) is 0 Å². The molecule has 0 unspecified atom stereocenters. The molecular weight excluding hydrogens is 440 g/mol. The molecule has 0 aliphatic rings. The lowest BCUT2D eigenvalue weighted by Crippen LogP contribution is -2.25. The van der Waals surface area contributed by atoms with Gasteiger partial charge in [-0.3, -0.25) is 19.1 Å². The Morgan fingerprint density at radius 3 is 2.60 bits per heavy atom. The fourth-order valence-electron chi connectivity index (χ4n) is 4.15. The first-order chi connectivity index (χ1) is 16.9. The molecule has 0 spiro atoms. The standard InChI is InChI=1S/C27H30N6O2/c1-5-29-27-30-16-20-15-22(26(35)33(25(20)32-27)13-7-10-24(34)28-4)21-12-11-19(14-17(21)2)23-9-6-8-18(3)31-23/h6,8-9,11-12,14-16H,5,7,10,13H2,1-4H3,(H,28,34)(H,29,30,32). The van der Waals surface area contributed by atoms with Crippen LogP contribution >= 0.6 is 0 Å². The van der Waals surface area contributed by atoms with Crippen molar-refractivity contribution in [1.29, 1.82) is 0 Å². The number of nitrogens with zero attached hydrogens (tertiary/aromatic N) is 4. The van der Waals surface area contributed by atoms with Crippen molar-refractivity contribution < 1.29 is 4.79 Å². The number of aromatic nitrogens is 4. The Hall–Kier alpha value is -4.07. The van der Waals surface area contributed by atoms with Gasteiger partial charge in [0.2, 0.25) is 11.9 Å². The van der Waals surface area contributed by atoms with Crippen molar-refractivity contribution in [1.82, 2.24) is 24.8 Å². The summed E-state index contributed by atoms with van der Waals surface area (Å²) in [5, 5.41) is 6.50. The molecule has 0 radical (unpaired) electrons. The minimum absolute atomic E-state index is 0.0577. The summed E-state index contributed by atoms with van der Waals surface area (Å²) in [6.45, 7) is 6.98. The van der Waals surface area contributed by atoms with Crippen LogP contribution in [0.15, 0.2) is 53.5 Å². The van der Waals surface area contributed by atoms with Gasteiger partial charge in [0.05, 0.1) is 5.69 Å². The number of fused-ring (bicyclic) bond motifs is 1. The van der Waals surface area contributed by atoms with E-state index in [-0.39, 0.29) is 11.5 Å². The molecule has 8 heteroatoms. The molecule has 0 saturated heterocycles. The summed E-state index contributed by atoms with van der Waals surface area (Å²) in [7, 11) is 1.61. The predicted molar refractivity (Wildman–Crippen MR) is 139 cm³/mol. The number of hydrogen-bond acceptors (Lipinski definition) is 6. The van der Waals surface area contributed by atoms with E-state index in [9.17, 15) is 9.59 Å². The summed E-state index contributed by atoms with van der Waals surface area (Å²) >= 11 is 0. The average molecular weight is 471 g/mol. The van der Waals surface area contributed by atoms with Crippen molar-refractivity contribution in [3.8, 4) is 22.4 Å². The molecule has 4 rings (SSSR count). The van der Waals surface area contributed by atoms with Crippen LogP contribution < -0.4 is 16.2 Å². The van der Waals surface area contributed by atoms with Crippen molar-refractivity contribution in [2.24, 2.45) is 0 Å². The normalized spacial score (nSPS) is 11.0. The van der Waals surface area contributed by atoms with Gasteiger partial charge in [0.25, 0.3) is 5.56 Å². The molecular formula is C27H30N6O2. The van der Waals surface area contributed by atoms with Gasteiger partial charge in [-0.05, 0) is 62.6 Å². The van der Waals surface area contributed by atoms with Crippen LogP contribution in [-0.4, -0.2) is 39.0 Å². The van der Waals surface area contributed by atoms with Crippen LogP contribution in [0.4, 0.5) is 5.95 Å². The summed E-state index contributed by atoms with van der Waals surface area (Å²) in [5.41, 5.74) is 5.68. The highest BCUT2D eigenvalue weighted by Gasteiger charge is 2.16. The lowest BCUT2D eigenvalue weighted by atomic mass is 9.97. The van der Waals surface area contributed by atoms with Gasteiger partial charge < -0.3 is 10.6 Å². The third-order valence-electron chi connectivity index (χ3n) is 5.93. The van der Waals surface area contributed by atoms with Gasteiger partial charge in [-0.1, -0.05) is 18.2 Å². The quantitative estimate of drug-likeness (QED) is 0.402. The molecule has 1 amide bonds. The Balaban J connectivity index is 1.81. The van der Waals surface area contributed by atoms with E-state index in [1.807, 2.05) is 57.2 Å². The van der Waals surface area contributed by atoms with Gasteiger partial charge in [0, 0.05) is 55.0 Å². The average Bonchev–Trinajstić information content (AvgIpc) is 2.85. The number of carbonyl (C=O) groups excluding carboxylic acids is 1. The number of pyridine rings is 2. The van der Waals surface area contributed by atoms with E-state index in [4.69, 9.17) is 0 Å². The Labute approximate surface area is 204 Å². The summed E-state index contributed by atoms with van der Waals surface area (Å²) in [6, 6.07) is 13.8. The number of hydrogen-bond donors (Lipinski definition) is 2. The van der Waals surface area contributed by atoms with Gasteiger partial charge in [-0.2, -0.15) is 4.98 Å². The zero-order chi connectivity index (χ0) is 24.9. The number of amides is 1. The lowest BCUT2D eigenvalue weighted by Gasteiger charge is -2.15. The second-order valence-electron chi connectivity index (χ2n) is 8.49. The monoisotopic (exact) mass is 470 g/mol. The molecule has 3 aromatic heterocycles. The number of carbonyl (C=O) groups is 1. The van der Waals surface area contributed by atoms with Gasteiger partial charge in [-0.25, -0.2) is 4.98 Å². The number of anilines is 1. The first-order valence-electron chi connectivity index (χ1n) is 11.8. The minimum Gasteiger partial charge on any atom is -0.359 e. The molecule has 0 bridgehead atoms. The first kappa shape index (κ1) is 24.1. The van der Waals surface area contributed by atoms with Crippen LogP contribution in [0.5, 0.6) is 0 Å². The van der Waals surface area contributed by atoms with Crippen molar-refractivity contribution in [3.63, 3.8) is 0 Å². The Kier molecular flexibility index (Phi) is 7.19. The smallest absolute Gasteiger partial charge is 0.260 e. The first-order valence-corrected chi connectivity index (χ1v) is 11.8. The highest BCUT2D eigenvalue weighted by Crippen LogP contribution is 2.28. The van der Waals surface area contributed by atoms with Crippen LogP contribution in [0.25, 0.3) is 33.4 Å². The van der Waals surface area contributed by atoms with Crippen LogP contribution in [0.3, 0.4) is 0 Å². The van der Waals surface area contributed by atoms with E-state index in [1.165, 1.54) is 0 Å². The molecule has 0 fully saturated rings. The Bertz CT molecular complexity index is 1440. The van der Waals surface area contributed by atoms with Crippen LogP contribution in [0.2, 0.25) is 0 Å². The number of benzene rings is 1. The molecule has 35 heavy (non-hydrogen) atoms. The summed E-state index contributed by atoms with van der Waals surface area (Å²) < 4.78 is 1.66. The van der Waals surface area contributed by atoms with Gasteiger partial charge in [0.1, 0.15) is 5.65 Å². The molecule has 0 atom stereocenters. The zero-order valence-electron chi connectivity index (χ0n) is 20.6. The van der Waals surface area contributed by atoms with Crippen molar-refractivity contribution in [2.45, 2.75) is 40.2 Å². The van der Waals surface area contributed by atoms with E-state index in [1.54, 1.807) is 17.8 Å². The number of nitrogens with one attached hydrogen (secondary N) is 2. The third kappa shape index (κ3) is 5.21. The second-order valence-corrected chi connectivity index (χ2v) is 8.49. The number of rotatable bonds is 8. The van der Waals surface area contributed by atoms with E-state index in [0.29, 0.717) is 43.1 Å². The van der Waals surface area contributed by atoms with Crippen LogP contribution in [0.1, 0.15) is 31.0 Å². The zero-order valence-corrected chi connectivity index (χ0v) is 20.6. The van der Waals surface area contributed by atoms with Gasteiger partial charge >= 0.3 is 0 Å². The van der Waals surface area contributed by atoms with E-state index in [2.05, 4.69) is 31.7 Å².